The van der Waals surface area contributed by atoms with Crippen molar-refractivity contribution >= 4 is 17.6 Å². The molecule has 0 aliphatic heterocycles. The summed E-state index contributed by atoms with van der Waals surface area (Å²) in [6.07, 6.45) is 0.925. The Kier molecular flexibility index (Phi) is 5.06. The number of aromatic nitrogens is 2. The van der Waals surface area contributed by atoms with Crippen LogP contribution in [0.1, 0.15) is 35.1 Å². The van der Waals surface area contributed by atoms with Crippen LogP contribution in [0.5, 0.6) is 5.75 Å². The fraction of sp³-hybridized carbons (Fsp3) is 0.357. The number of nitrogens with one attached hydrogen (secondary N) is 1. The maximum absolute atomic E-state index is 11.7. The van der Waals surface area contributed by atoms with Crippen LogP contribution in [0.15, 0.2) is 24.3 Å². The molecule has 0 aliphatic rings. The molecular formula is C14H17N3O2S. The van der Waals surface area contributed by atoms with Crippen LogP contribution in [-0.2, 0) is 6.61 Å². The first-order valence-electron chi connectivity index (χ1n) is 6.49. The molecule has 106 valence electrons. The van der Waals surface area contributed by atoms with E-state index in [9.17, 15) is 4.79 Å². The topological polar surface area (TPSA) is 64.1 Å². The molecule has 0 spiro atoms. The highest BCUT2D eigenvalue weighted by molar-refractivity contribution is 6.99. The number of carbonyl (C=O) groups is 1. The summed E-state index contributed by atoms with van der Waals surface area (Å²) in [5.74, 6) is 0.655. The second-order valence-corrected chi connectivity index (χ2v) is 4.89. The second kappa shape index (κ2) is 7.00. The molecule has 1 N–H and O–H groups in total. The van der Waals surface area contributed by atoms with Gasteiger partial charge in [-0.25, -0.2) is 0 Å². The van der Waals surface area contributed by atoms with Crippen molar-refractivity contribution < 1.29 is 9.53 Å². The Hall–Kier alpha value is -1.95. The van der Waals surface area contributed by atoms with Crippen LogP contribution >= 0.6 is 11.7 Å². The van der Waals surface area contributed by atoms with Crippen molar-refractivity contribution in [1.82, 2.24) is 14.1 Å². The van der Waals surface area contributed by atoms with E-state index in [2.05, 4.69) is 14.1 Å². The Bertz CT molecular complexity index is 566. The number of ether oxygens (including phenoxy) is 1. The molecule has 0 saturated carbocycles. The van der Waals surface area contributed by atoms with Crippen molar-refractivity contribution in [1.29, 1.82) is 0 Å². The number of amides is 1. The van der Waals surface area contributed by atoms with Gasteiger partial charge in [-0.05, 0) is 37.6 Å². The highest BCUT2D eigenvalue weighted by Gasteiger charge is 2.06. The Labute approximate surface area is 122 Å². The smallest absolute Gasteiger partial charge is 0.251 e. The Morgan fingerprint density at radius 3 is 2.65 bits per heavy atom. The molecule has 20 heavy (non-hydrogen) atoms. The number of rotatable bonds is 6. The first kappa shape index (κ1) is 14.5. The van der Waals surface area contributed by atoms with E-state index in [0.717, 1.165) is 17.8 Å². The Balaban J connectivity index is 1.91. The number of benzene rings is 1. The lowest BCUT2D eigenvalue weighted by atomic mass is 10.2. The third-order valence-electron chi connectivity index (χ3n) is 2.77. The van der Waals surface area contributed by atoms with Crippen molar-refractivity contribution in [3.8, 4) is 5.75 Å². The quantitative estimate of drug-likeness (QED) is 0.888. The average molecular weight is 291 g/mol. The van der Waals surface area contributed by atoms with Gasteiger partial charge in [-0.1, -0.05) is 6.92 Å². The van der Waals surface area contributed by atoms with E-state index < -0.39 is 0 Å². The lowest BCUT2D eigenvalue weighted by Crippen LogP contribution is -2.23. The molecule has 6 heteroatoms. The SMILES string of the molecule is CCCNC(=O)c1ccc(OCc2nsnc2C)cc1. The summed E-state index contributed by atoms with van der Waals surface area (Å²) in [5.41, 5.74) is 2.38. The maximum Gasteiger partial charge on any atom is 0.251 e. The van der Waals surface area contributed by atoms with Gasteiger partial charge in [-0.15, -0.1) is 0 Å². The normalized spacial score (nSPS) is 10.3. The molecule has 0 aliphatic carbocycles. The van der Waals surface area contributed by atoms with Crippen molar-refractivity contribution in [2.75, 3.05) is 6.54 Å². The minimum Gasteiger partial charge on any atom is -0.487 e. The number of carbonyl (C=O) groups excluding carboxylic acids is 1. The van der Waals surface area contributed by atoms with E-state index in [-0.39, 0.29) is 5.91 Å². The fourth-order valence-corrected chi connectivity index (χ4v) is 2.13. The molecule has 0 bridgehead atoms. The van der Waals surface area contributed by atoms with Crippen LogP contribution in [-0.4, -0.2) is 21.2 Å². The van der Waals surface area contributed by atoms with Crippen LogP contribution in [0, 0.1) is 6.92 Å². The first-order valence-corrected chi connectivity index (χ1v) is 7.23. The summed E-state index contributed by atoms with van der Waals surface area (Å²) in [6.45, 7) is 5.01. The standard InChI is InChI=1S/C14H17N3O2S/c1-3-8-15-14(18)11-4-6-12(7-5-11)19-9-13-10(2)16-20-17-13/h4-7H,3,8-9H2,1-2H3,(H,15,18). The molecular weight excluding hydrogens is 274 g/mol. The van der Waals surface area contributed by atoms with Gasteiger partial charge < -0.3 is 10.1 Å². The minimum atomic E-state index is -0.0575. The van der Waals surface area contributed by atoms with E-state index in [4.69, 9.17) is 4.74 Å². The first-order chi connectivity index (χ1) is 9.70. The van der Waals surface area contributed by atoms with Crippen LogP contribution in [0.4, 0.5) is 0 Å². The van der Waals surface area contributed by atoms with Gasteiger partial charge in [-0.2, -0.15) is 8.75 Å². The van der Waals surface area contributed by atoms with E-state index >= 15 is 0 Å². The fourth-order valence-electron chi connectivity index (χ4n) is 1.58. The van der Waals surface area contributed by atoms with Gasteiger partial charge in [0, 0.05) is 12.1 Å². The van der Waals surface area contributed by atoms with Crippen molar-refractivity contribution in [3.05, 3.63) is 41.2 Å². The largest absolute Gasteiger partial charge is 0.487 e. The summed E-state index contributed by atoms with van der Waals surface area (Å²) in [7, 11) is 0. The molecule has 0 radical (unpaired) electrons. The zero-order chi connectivity index (χ0) is 14.4. The van der Waals surface area contributed by atoms with E-state index in [1.807, 2.05) is 13.8 Å². The predicted molar refractivity (Wildman–Crippen MR) is 78.0 cm³/mol. The van der Waals surface area contributed by atoms with Gasteiger partial charge in [0.1, 0.15) is 18.1 Å². The van der Waals surface area contributed by atoms with Crippen molar-refractivity contribution in [2.45, 2.75) is 26.9 Å². The molecule has 0 atom stereocenters. The zero-order valence-electron chi connectivity index (χ0n) is 11.5. The van der Waals surface area contributed by atoms with Gasteiger partial charge in [0.05, 0.1) is 17.4 Å². The number of aryl methyl sites for hydroxylation is 1. The third kappa shape index (κ3) is 3.77. The summed E-state index contributed by atoms with van der Waals surface area (Å²) in [5, 5.41) is 2.83. The maximum atomic E-state index is 11.7. The van der Waals surface area contributed by atoms with Crippen LogP contribution in [0.2, 0.25) is 0 Å². The highest BCUT2D eigenvalue weighted by atomic mass is 32.1. The lowest BCUT2D eigenvalue weighted by molar-refractivity contribution is 0.0953. The molecule has 1 aromatic heterocycles. The summed E-state index contributed by atoms with van der Waals surface area (Å²) >= 11 is 1.18. The molecule has 0 saturated heterocycles. The number of nitrogens with zero attached hydrogens (tertiary/aromatic N) is 2. The van der Waals surface area contributed by atoms with Gasteiger partial charge in [-0.3, -0.25) is 4.79 Å². The van der Waals surface area contributed by atoms with Gasteiger partial charge in [0.2, 0.25) is 0 Å². The van der Waals surface area contributed by atoms with E-state index in [1.165, 1.54) is 11.7 Å². The van der Waals surface area contributed by atoms with Crippen LogP contribution in [0.25, 0.3) is 0 Å². The molecule has 0 unspecified atom stereocenters. The lowest BCUT2D eigenvalue weighted by Gasteiger charge is -2.06. The molecule has 5 nitrogen and oxygen atoms in total. The molecule has 2 rings (SSSR count). The summed E-state index contributed by atoms with van der Waals surface area (Å²) in [4.78, 5) is 11.7. The predicted octanol–water partition coefficient (Wildman–Crippen LogP) is 2.57. The third-order valence-corrected chi connectivity index (χ3v) is 3.43. The molecule has 1 aromatic carbocycles. The Morgan fingerprint density at radius 2 is 2.05 bits per heavy atom. The molecule has 2 aromatic rings. The summed E-state index contributed by atoms with van der Waals surface area (Å²) < 4.78 is 13.9. The van der Waals surface area contributed by atoms with Crippen LogP contribution in [0.3, 0.4) is 0 Å². The Morgan fingerprint density at radius 1 is 1.30 bits per heavy atom. The summed E-state index contributed by atoms with van der Waals surface area (Å²) in [6, 6.07) is 7.09. The van der Waals surface area contributed by atoms with Gasteiger partial charge >= 0.3 is 0 Å². The van der Waals surface area contributed by atoms with Crippen molar-refractivity contribution in [2.24, 2.45) is 0 Å². The monoisotopic (exact) mass is 291 g/mol. The van der Waals surface area contributed by atoms with E-state index in [0.29, 0.717) is 24.5 Å². The van der Waals surface area contributed by atoms with Crippen molar-refractivity contribution in [3.63, 3.8) is 0 Å². The minimum absolute atomic E-state index is 0.0575. The molecule has 1 heterocycles. The van der Waals surface area contributed by atoms with E-state index in [1.54, 1.807) is 24.3 Å². The highest BCUT2D eigenvalue weighted by Crippen LogP contribution is 2.15. The van der Waals surface area contributed by atoms with Gasteiger partial charge in [0.25, 0.3) is 5.91 Å². The van der Waals surface area contributed by atoms with Crippen LogP contribution < -0.4 is 10.1 Å². The number of hydrogen-bond donors (Lipinski definition) is 1. The molecule has 1 amide bonds. The second-order valence-electron chi connectivity index (χ2n) is 4.37. The molecule has 0 fully saturated rings. The average Bonchev–Trinajstić information content (AvgIpc) is 2.88. The number of hydrogen-bond acceptors (Lipinski definition) is 5. The van der Waals surface area contributed by atoms with Gasteiger partial charge in [0.15, 0.2) is 0 Å². The zero-order valence-corrected chi connectivity index (χ0v) is 12.4.